The maximum atomic E-state index is 12.6. The van der Waals surface area contributed by atoms with Crippen LogP contribution in [-0.2, 0) is 10.0 Å². The molecule has 0 amide bonds. The number of hydrogen-bond acceptors (Lipinski definition) is 5. The second-order valence-electron chi connectivity index (χ2n) is 4.75. The molecule has 0 radical (unpaired) electrons. The van der Waals surface area contributed by atoms with Crippen molar-refractivity contribution in [3.05, 3.63) is 11.5 Å². The fourth-order valence-corrected chi connectivity index (χ4v) is 4.32. The van der Waals surface area contributed by atoms with E-state index in [2.05, 4.69) is 10.5 Å². The zero-order valence-electron chi connectivity index (χ0n) is 11.1. The summed E-state index contributed by atoms with van der Waals surface area (Å²) in [5.41, 5.74) is 0.422. The molecule has 1 aliphatic rings. The van der Waals surface area contributed by atoms with Crippen LogP contribution in [0.2, 0.25) is 0 Å². The van der Waals surface area contributed by atoms with E-state index in [9.17, 15) is 8.42 Å². The quantitative estimate of drug-likeness (QED) is 0.857. The van der Waals surface area contributed by atoms with Gasteiger partial charge in [0.2, 0.25) is 10.0 Å². The molecule has 1 saturated heterocycles. The average Bonchev–Trinajstić information content (AvgIpc) is 2.62. The van der Waals surface area contributed by atoms with Crippen LogP contribution in [-0.4, -0.2) is 43.1 Å². The van der Waals surface area contributed by atoms with Gasteiger partial charge >= 0.3 is 0 Å². The van der Waals surface area contributed by atoms with Gasteiger partial charge in [0.15, 0.2) is 5.76 Å². The lowest BCUT2D eigenvalue weighted by Crippen LogP contribution is -2.57. The standard InChI is InChI=1S/C11H19N3O3S/c1-7-9(3)14(6-5-12-7)18(15,16)11-8(2)13-17-10(11)4/h7,9,12H,5-6H2,1-4H3. The van der Waals surface area contributed by atoms with E-state index in [1.807, 2.05) is 13.8 Å². The largest absolute Gasteiger partial charge is 0.360 e. The molecule has 0 saturated carbocycles. The first-order valence-corrected chi connectivity index (χ1v) is 7.48. The summed E-state index contributed by atoms with van der Waals surface area (Å²) in [6, 6.07) is 0.0476. The Morgan fingerprint density at radius 3 is 2.61 bits per heavy atom. The van der Waals surface area contributed by atoms with Crippen LogP contribution in [0.1, 0.15) is 25.3 Å². The molecule has 1 N–H and O–H groups in total. The summed E-state index contributed by atoms with van der Waals surface area (Å²) in [4.78, 5) is 0.212. The second-order valence-corrected chi connectivity index (χ2v) is 6.58. The zero-order chi connectivity index (χ0) is 13.5. The van der Waals surface area contributed by atoms with E-state index in [1.165, 1.54) is 4.31 Å². The molecule has 6 nitrogen and oxygen atoms in total. The molecule has 2 atom stereocenters. The number of rotatable bonds is 2. The van der Waals surface area contributed by atoms with E-state index in [4.69, 9.17) is 4.52 Å². The van der Waals surface area contributed by atoms with Crippen LogP contribution in [0.4, 0.5) is 0 Å². The molecule has 0 aliphatic carbocycles. The fourth-order valence-electron chi connectivity index (χ4n) is 2.33. The summed E-state index contributed by atoms with van der Waals surface area (Å²) in [6.45, 7) is 8.31. The summed E-state index contributed by atoms with van der Waals surface area (Å²) in [6.07, 6.45) is 0. The van der Waals surface area contributed by atoms with Crippen molar-refractivity contribution in [2.45, 2.75) is 44.7 Å². The Balaban J connectivity index is 2.43. The number of piperazine rings is 1. The number of hydrogen-bond donors (Lipinski definition) is 1. The molecule has 2 heterocycles. The van der Waals surface area contributed by atoms with Gasteiger partial charge in [0.25, 0.3) is 0 Å². The van der Waals surface area contributed by atoms with Crippen molar-refractivity contribution < 1.29 is 12.9 Å². The maximum absolute atomic E-state index is 12.6. The van der Waals surface area contributed by atoms with E-state index in [1.54, 1.807) is 13.8 Å². The van der Waals surface area contributed by atoms with E-state index < -0.39 is 10.0 Å². The highest BCUT2D eigenvalue weighted by Gasteiger charge is 2.37. The molecule has 1 aromatic rings. The maximum Gasteiger partial charge on any atom is 0.248 e. The summed E-state index contributed by atoms with van der Waals surface area (Å²) < 4.78 is 31.8. The third-order valence-electron chi connectivity index (χ3n) is 3.51. The highest BCUT2D eigenvalue weighted by molar-refractivity contribution is 7.89. The number of nitrogens with zero attached hydrogens (tertiary/aromatic N) is 2. The molecule has 0 aromatic carbocycles. The van der Waals surface area contributed by atoms with Crippen molar-refractivity contribution in [2.24, 2.45) is 0 Å². The lowest BCUT2D eigenvalue weighted by atomic mass is 10.1. The monoisotopic (exact) mass is 273 g/mol. The van der Waals surface area contributed by atoms with Gasteiger partial charge in [-0.2, -0.15) is 4.31 Å². The van der Waals surface area contributed by atoms with Crippen molar-refractivity contribution in [3.63, 3.8) is 0 Å². The Kier molecular flexibility index (Phi) is 3.48. The molecule has 7 heteroatoms. The van der Waals surface area contributed by atoms with E-state index in [-0.39, 0.29) is 17.0 Å². The smallest absolute Gasteiger partial charge is 0.248 e. The van der Waals surface area contributed by atoms with E-state index in [0.717, 1.165) is 0 Å². The number of sulfonamides is 1. The van der Waals surface area contributed by atoms with Crippen molar-refractivity contribution in [3.8, 4) is 0 Å². The second kappa shape index (κ2) is 4.64. The SMILES string of the molecule is Cc1noc(C)c1S(=O)(=O)N1CCNC(C)C1C. The minimum Gasteiger partial charge on any atom is -0.360 e. The molecule has 102 valence electrons. The predicted octanol–water partition coefficient (Wildman–Crippen LogP) is 0.662. The van der Waals surface area contributed by atoms with Crippen molar-refractivity contribution >= 4 is 10.0 Å². The molecule has 2 rings (SSSR count). The van der Waals surface area contributed by atoms with Crippen LogP contribution in [0, 0.1) is 13.8 Å². The van der Waals surface area contributed by atoms with Gasteiger partial charge in [0.1, 0.15) is 10.6 Å². The van der Waals surface area contributed by atoms with Gasteiger partial charge in [-0.25, -0.2) is 8.42 Å². The van der Waals surface area contributed by atoms with Gasteiger partial charge < -0.3 is 9.84 Å². The van der Waals surface area contributed by atoms with Gasteiger partial charge in [-0.1, -0.05) is 5.16 Å². The Bertz CT molecular complexity index is 518. The first-order valence-electron chi connectivity index (χ1n) is 6.04. The molecule has 18 heavy (non-hydrogen) atoms. The lowest BCUT2D eigenvalue weighted by molar-refractivity contribution is 0.232. The van der Waals surface area contributed by atoms with Crippen LogP contribution in [0.3, 0.4) is 0 Å². The van der Waals surface area contributed by atoms with Crippen LogP contribution >= 0.6 is 0 Å². The van der Waals surface area contributed by atoms with Crippen molar-refractivity contribution in [1.82, 2.24) is 14.8 Å². The summed E-state index contributed by atoms with van der Waals surface area (Å²) >= 11 is 0. The Hall–Kier alpha value is -0.920. The van der Waals surface area contributed by atoms with Crippen molar-refractivity contribution in [1.29, 1.82) is 0 Å². The van der Waals surface area contributed by atoms with Crippen LogP contribution in [0.15, 0.2) is 9.42 Å². The molecular formula is C11H19N3O3S. The van der Waals surface area contributed by atoms with Crippen LogP contribution < -0.4 is 5.32 Å². The highest BCUT2D eigenvalue weighted by Crippen LogP contribution is 2.26. The normalized spacial score (nSPS) is 26.4. The minimum absolute atomic E-state index is 0.0857. The van der Waals surface area contributed by atoms with Gasteiger partial charge in [0, 0.05) is 25.2 Å². The first kappa shape index (κ1) is 13.5. The number of aromatic nitrogens is 1. The summed E-state index contributed by atoms with van der Waals surface area (Å²) in [5.74, 6) is 0.353. The van der Waals surface area contributed by atoms with Gasteiger partial charge in [-0.15, -0.1) is 0 Å². The third-order valence-corrected chi connectivity index (χ3v) is 5.74. The Morgan fingerprint density at radius 2 is 2.06 bits per heavy atom. The topological polar surface area (TPSA) is 75.4 Å². The lowest BCUT2D eigenvalue weighted by Gasteiger charge is -2.37. The number of nitrogens with one attached hydrogen (secondary N) is 1. The van der Waals surface area contributed by atoms with Crippen LogP contribution in [0.25, 0.3) is 0 Å². The van der Waals surface area contributed by atoms with Crippen molar-refractivity contribution in [2.75, 3.05) is 13.1 Å². The molecule has 2 unspecified atom stereocenters. The molecule has 1 aliphatic heterocycles. The van der Waals surface area contributed by atoms with E-state index in [0.29, 0.717) is 24.5 Å². The average molecular weight is 273 g/mol. The van der Waals surface area contributed by atoms with E-state index >= 15 is 0 Å². The minimum atomic E-state index is -3.53. The molecule has 0 spiro atoms. The number of aryl methyl sites for hydroxylation is 2. The molecule has 1 fully saturated rings. The zero-order valence-corrected chi connectivity index (χ0v) is 11.9. The Morgan fingerprint density at radius 1 is 1.39 bits per heavy atom. The third kappa shape index (κ3) is 2.06. The summed E-state index contributed by atoms with van der Waals surface area (Å²) in [7, 11) is -3.53. The molecular weight excluding hydrogens is 254 g/mol. The molecule has 0 bridgehead atoms. The fraction of sp³-hybridized carbons (Fsp3) is 0.727. The van der Waals surface area contributed by atoms with Gasteiger partial charge in [-0.3, -0.25) is 0 Å². The van der Waals surface area contributed by atoms with Gasteiger partial charge in [-0.05, 0) is 27.7 Å². The Labute approximate surface area is 107 Å². The summed E-state index contributed by atoms with van der Waals surface area (Å²) in [5, 5.41) is 6.99. The predicted molar refractivity (Wildman–Crippen MR) is 66.8 cm³/mol. The molecule has 1 aromatic heterocycles. The first-order chi connectivity index (χ1) is 8.35. The van der Waals surface area contributed by atoms with Crippen LogP contribution in [0.5, 0.6) is 0 Å². The van der Waals surface area contributed by atoms with Gasteiger partial charge in [0.05, 0.1) is 0 Å². The highest BCUT2D eigenvalue weighted by atomic mass is 32.2.